The predicted molar refractivity (Wildman–Crippen MR) is 91.4 cm³/mol. The number of hydrogen-bond donors (Lipinski definition) is 1. The van der Waals surface area contributed by atoms with Gasteiger partial charge in [-0.3, -0.25) is 9.59 Å². The summed E-state index contributed by atoms with van der Waals surface area (Å²) in [7, 11) is 4.50. The van der Waals surface area contributed by atoms with Gasteiger partial charge in [-0.15, -0.1) is 0 Å². The minimum Gasteiger partial charge on any atom is -0.469 e. The van der Waals surface area contributed by atoms with E-state index in [2.05, 4.69) is 5.32 Å². The van der Waals surface area contributed by atoms with E-state index in [0.29, 0.717) is 17.7 Å². The van der Waals surface area contributed by atoms with Crippen LogP contribution in [-0.4, -0.2) is 33.2 Å². The van der Waals surface area contributed by atoms with Crippen LogP contribution >= 0.6 is 0 Å². The maximum atomic E-state index is 12.6. The first-order valence-electron chi connectivity index (χ1n) is 8.10. The van der Waals surface area contributed by atoms with Gasteiger partial charge in [0.15, 0.2) is 0 Å². The highest BCUT2D eigenvalue weighted by molar-refractivity contribution is 5.88. The summed E-state index contributed by atoms with van der Waals surface area (Å²) in [6.45, 7) is 0. The molecule has 0 radical (unpaired) electrons. The van der Waals surface area contributed by atoms with E-state index in [0.717, 1.165) is 11.3 Å². The van der Waals surface area contributed by atoms with E-state index in [9.17, 15) is 9.59 Å². The van der Waals surface area contributed by atoms with Crippen LogP contribution in [0.4, 0.5) is 5.69 Å². The third-order valence-electron chi connectivity index (χ3n) is 4.87. The topological polar surface area (TPSA) is 77.8 Å². The van der Waals surface area contributed by atoms with Gasteiger partial charge in [0.1, 0.15) is 5.76 Å². The standard InChI is InChI=1S/C19H21NO5/c1-20-12-6-4-11(5-7-12)14-10-15-13(8-9-25-15)16(18(21)23-2)17(14)19(22)24-3/h4-9,14,16-17,20H,10H2,1-3H3/t14-,16-,17-/m0/s1. The summed E-state index contributed by atoms with van der Waals surface area (Å²) in [6.07, 6.45) is 2.07. The highest BCUT2D eigenvalue weighted by atomic mass is 16.5. The molecule has 0 bridgehead atoms. The highest BCUT2D eigenvalue weighted by Gasteiger charge is 2.48. The average molecular weight is 343 g/mol. The monoisotopic (exact) mass is 343 g/mol. The summed E-state index contributed by atoms with van der Waals surface area (Å²) in [5.41, 5.74) is 2.62. The number of furan rings is 1. The van der Waals surface area contributed by atoms with Crippen LogP contribution in [0.3, 0.4) is 0 Å². The molecule has 0 amide bonds. The maximum absolute atomic E-state index is 12.6. The number of methoxy groups -OCH3 is 2. The second-order valence-corrected chi connectivity index (χ2v) is 6.03. The van der Waals surface area contributed by atoms with Gasteiger partial charge in [0.05, 0.1) is 32.3 Å². The van der Waals surface area contributed by atoms with Crippen molar-refractivity contribution in [2.24, 2.45) is 5.92 Å². The molecule has 0 fully saturated rings. The van der Waals surface area contributed by atoms with Gasteiger partial charge >= 0.3 is 11.9 Å². The number of benzene rings is 1. The summed E-state index contributed by atoms with van der Waals surface area (Å²) >= 11 is 0. The van der Waals surface area contributed by atoms with Crippen molar-refractivity contribution >= 4 is 17.6 Å². The molecule has 1 aromatic heterocycles. The van der Waals surface area contributed by atoms with E-state index in [1.54, 1.807) is 12.3 Å². The molecule has 1 aromatic carbocycles. The molecule has 0 aliphatic heterocycles. The molecule has 3 atom stereocenters. The lowest BCUT2D eigenvalue weighted by Gasteiger charge is -2.34. The van der Waals surface area contributed by atoms with Gasteiger partial charge in [0.25, 0.3) is 0 Å². The maximum Gasteiger partial charge on any atom is 0.314 e. The van der Waals surface area contributed by atoms with E-state index in [4.69, 9.17) is 13.9 Å². The van der Waals surface area contributed by atoms with E-state index < -0.39 is 23.8 Å². The van der Waals surface area contributed by atoms with Crippen molar-refractivity contribution in [1.82, 2.24) is 0 Å². The molecule has 6 heteroatoms. The van der Waals surface area contributed by atoms with Gasteiger partial charge in [-0.1, -0.05) is 12.1 Å². The van der Waals surface area contributed by atoms with Crippen LogP contribution in [0.25, 0.3) is 0 Å². The van der Waals surface area contributed by atoms with Crippen molar-refractivity contribution in [3.8, 4) is 0 Å². The first-order valence-corrected chi connectivity index (χ1v) is 8.10. The Hall–Kier alpha value is -2.76. The zero-order chi connectivity index (χ0) is 18.0. The van der Waals surface area contributed by atoms with Crippen molar-refractivity contribution in [2.45, 2.75) is 18.3 Å². The predicted octanol–water partition coefficient (Wildman–Crippen LogP) is 2.71. The lowest BCUT2D eigenvalue weighted by atomic mass is 9.68. The Labute approximate surface area is 146 Å². The normalized spacial score (nSPS) is 22.0. The zero-order valence-electron chi connectivity index (χ0n) is 14.4. The fourth-order valence-electron chi connectivity index (χ4n) is 3.61. The van der Waals surface area contributed by atoms with Crippen LogP contribution in [0.1, 0.15) is 28.7 Å². The molecule has 1 heterocycles. The number of rotatable bonds is 4. The van der Waals surface area contributed by atoms with E-state index in [1.165, 1.54) is 14.2 Å². The number of ether oxygens (including phenoxy) is 2. The Balaban J connectivity index is 2.09. The zero-order valence-corrected chi connectivity index (χ0v) is 14.4. The van der Waals surface area contributed by atoms with Gasteiger partial charge in [0, 0.05) is 30.6 Å². The Morgan fingerprint density at radius 3 is 2.36 bits per heavy atom. The van der Waals surface area contributed by atoms with Crippen LogP contribution in [-0.2, 0) is 25.5 Å². The lowest BCUT2D eigenvalue weighted by molar-refractivity contribution is -0.155. The van der Waals surface area contributed by atoms with Crippen LogP contribution in [0, 0.1) is 5.92 Å². The van der Waals surface area contributed by atoms with Gasteiger partial charge in [-0.25, -0.2) is 0 Å². The Kier molecular flexibility index (Phi) is 4.79. The van der Waals surface area contributed by atoms with Gasteiger partial charge < -0.3 is 19.2 Å². The number of esters is 2. The molecule has 25 heavy (non-hydrogen) atoms. The van der Waals surface area contributed by atoms with E-state index >= 15 is 0 Å². The molecular formula is C19H21NO5. The molecule has 2 aromatic rings. The van der Waals surface area contributed by atoms with Crippen molar-refractivity contribution in [3.05, 3.63) is 53.5 Å². The Morgan fingerprint density at radius 1 is 1.08 bits per heavy atom. The van der Waals surface area contributed by atoms with Crippen molar-refractivity contribution in [2.75, 3.05) is 26.6 Å². The molecule has 0 saturated heterocycles. The summed E-state index contributed by atoms with van der Waals surface area (Å²) in [5, 5.41) is 3.07. The SMILES string of the molecule is CNc1ccc([C@@H]2Cc3occc3[C@H](C(=O)OC)[C@H]2C(=O)OC)cc1. The fraction of sp³-hybridized carbons (Fsp3) is 0.368. The molecule has 1 aliphatic rings. The lowest BCUT2D eigenvalue weighted by Crippen LogP contribution is -2.38. The molecule has 132 valence electrons. The number of hydrogen-bond acceptors (Lipinski definition) is 6. The van der Waals surface area contributed by atoms with Crippen molar-refractivity contribution in [3.63, 3.8) is 0 Å². The van der Waals surface area contributed by atoms with Crippen LogP contribution in [0.2, 0.25) is 0 Å². The molecule has 6 nitrogen and oxygen atoms in total. The van der Waals surface area contributed by atoms with Gasteiger partial charge in [-0.05, 0) is 23.8 Å². The fourth-order valence-corrected chi connectivity index (χ4v) is 3.61. The summed E-state index contributed by atoms with van der Waals surface area (Å²) < 4.78 is 15.5. The second kappa shape index (κ2) is 7.01. The minimum atomic E-state index is -0.742. The summed E-state index contributed by atoms with van der Waals surface area (Å²) in [4.78, 5) is 25.0. The molecule has 3 rings (SSSR count). The first kappa shape index (κ1) is 17.1. The number of carbonyl (C=O) groups excluding carboxylic acids is 2. The molecular weight excluding hydrogens is 322 g/mol. The molecule has 0 saturated carbocycles. The number of carbonyl (C=O) groups is 2. The van der Waals surface area contributed by atoms with Gasteiger partial charge in [-0.2, -0.15) is 0 Å². The van der Waals surface area contributed by atoms with Crippen LogP contribution in [0.5, 0.6) is 0 Å². The minimum absolute atomic E-state index is 0.235. The average Bonchev–Trinajstić information content (AvgIpc) is 3.13. The number of anilines is 1. The van der Waals surface area contributed by atoms with E-state index in [-0.39, 0.29) is 5.92 Å². The second-order valence-electron chi connectivity index (χ2n) is 6.03. The Bertz CT molecular complexity index is 764. The molecule has 1 aliphatic carbocycles. The smallest absolute Gasteiger partial charge is 0.314 e. The summed E-state index contributed by atoms with van der Waals surface area (Å²) in [5.74, 6) is -1.82. The Morgan fingerprint density at radius 2 is 1.76 bits per heavy atom. The van der Waals surface area contributed by atoms with Crippen LogP contribution in [0.15, 0.2) is 41.0 Å². The molecule has 1 N–H and O–H groups in total. The third kappa shape index (κ3) is 2.99. The number of fused-ring (bicyclic) bond motifs is 1. The number of nitrogens with one attached hydrogen (secondary N) is 1. The summed E-state index contributed by atoms with van der Waals surface area (Å²) in [6, 6.07) is 9.51. The third-order valence-corrected chi connectivity index (χ3v) is 4.87. The molecule has 0 spiro atoms. The first-order chi connectivity index (χ1) is 12.1. The quantitative estimate of drug-likeness (QED) is 0.860. The van der Waals surface area contributed by atoms with E-state index in [1.807, 2.05) is 31.3 Å². The van der Waals surface area contributed by atoms with Gasteiger partial charge in [0.2, 0.25) is 0 Å². The largest absolute Gasteiger partial charge is 0.469 e. The highest BCUT2D eigenvalue weighted by Crippen LogP contribution is 2.46. The van der Waals surface area contributed by atoms with Crippen molar-refractivity contribution in [1.29, 1.82) is 0 Å². The molecule has 0 unspecified atom stereocenters. The van der Waals surface area contributed by atoms with Crippen molar-refractivity contribution < 1.29 is 23.5 Å². The van der Waals surface area contributed by atoms with Crippen LogP contribution < -0.4 is 5.32 Å².